The molecular formula is C15H22N2O2. The van der Waals surface area contributed by atoms with Crippen LogP contribution in [0.2, 0.25) is 0 Å². The second-order valence-corrected chi connectivity index (χ2v) is 6.31. The highest BCUT2D eigenvalue weighted by Gasteiger charge is 2.32. The first-order valence-corrected chi connectivity index (χ1v) is 6.64. The highest BCUT2D eigenvalue weighted by molar-refractivity contribution is 5.82. The Balaban J connectivity index is 2.15. The first kappa shape index (κ1) is 13.9. The number of carbonyl (C=O) groups excluding carboxylic acids is 1. The van der Waals surface area contributed by atoms with Crippen molar-refractivity contribution in [1.82, 2.24) is 4.90 Å². The minimum atomic E-state index is -0.494. The van der Waals surface area contributed by atoms with Crippen LogP contribution < -0.4 is 5.73 Å². The number of fused-ring (bicyclic) bond motifs is 1. The molecule has 2 rings (SSSR count). The van der Waals surface area contributed by atoms with Crippen molar-refractivity contribution < 1.29 is 9.90 Å². The van der Waals surface area contributed by atoms with Crippen LogP contribution in [0.3, 0.4) is 0 Å². The molecule has 1 heterocycles. The van der Waals surface area contributed by atoms with Crippen molar-refractivity contribution in [1.29, 1.82) is 0 Å². The predicted molar refractivity (Wildman–Crippen MR) is 74.7 cm³/mol. The number of rotatable bonds is 1. The standard InChI is InChI=1S/C15H22N2O2/c1-15(2,3)13(16)14(19)17-7-6-10-4-5-12(18)8-11(10)9-17/h4-5,8,13,18H,6-7,9,16H2,1-3H3/t13-/m0/s1. The number of aromatic hydroxyl groups is 1. The molecule has 0 unspecified atom stereocenters. The SMILES string of the molecule is CC(C)(C)[C@@H](N)C(=O)N1CCc2ccc(O)cc2C1. The van der Waals surface area contributed by atoms with Gasteiger partial charge in [-0.1, -0.05) is 26.8 Å². The van der Waals surface area contributed by atoms with Gasteiger partial charge in [0.15, 0.2) is 0 Å². The third-order valence-electron chi connectivity index (χ3n) is 3.71. The zero-order valence-corrected chi connectivity index (χ0v) is 11.8. The molecule has 0 fully saturated rings. The number of phenols is 1. The Labute approximate surface area is 114 Å². The monoisotopic (exact) mass is 262 g/mol. The minimum absolute atomic E-state index is 0.0125. The maximum absolute atomic E-state index is 12.4. The summed E-state index contributed by atoms with van der Waals surface area (Å²) >= 11 is 0. The average molecular weight is 262 g/mol. The third kappa shape index (κ3) is 2.89. The van der Waals surface area contributed by atoms with Crippen LogP contribution in [-0.4, -0.2) is 28.5 Å². The Bertz CT molecular complexity index is 491. The van der Waals surface area contributed by atoms with Gasteiger partial charge < -0.3 is 15.7 Å². The normalized spacial score (nSPS) is 16.9. The van der Waals surface area contributed by atoms with E-state index in [0.717, 1.165) is 12.0 Å². The quantitative estimate of drug-likeness (QED) is 0.808. The van der Waals surface area contributed by atoms with Crippen LogP contribution in [0.15, 0.2) is 18.2 Å². The number of benzene rings is 1. The van der Waals surface area contributed by atoms with Crippen molar-refractivity contribution in [2.75, 3.05) is 6.54 Å². The lowest BCUT2D eigenvalue weighted by Gasteiger charge is -2.35. The fourth-order valence-electron chi connectivity index (χ4n) is 2.30. The summed E-state index contributed by atoms with van der Waals surface area (Å²) in [5.74, 6) is 0.231. The molecule has 19 heavy (non-hydrogen) atoms. The average Bonchev–Trinajstić information content (AvgIpc) is 2.35. The van der Waals surface area contributed by atoms with E-state index in [0.29, 0.717) is 13.1 Å². The Morgan fingerprint density at radius 1 is 1.37 bits per heavy atom. The summed E-state index contributed by atoms with van der Waals surface area (Å²) in [5.41, 5.74) is 8.01. The Kier molecular flexibility index (Phi) is 3.54. The van der Waals surface area contributed by atoms with Gasteiger partial charge in [0.1, 0.15) is 5.75 Å². The highest BCUT2D eigenvalue weighted by Crippen LogP contribution is 2.25. The van der Waals surface area contributed by atoms with Gasteiger partial charge in [0, 0.05) is 13.1 Å². The Morgan fingerprint density at radius 2 is 2.05 bits per heavy atom. The minimum Gasteiger partial charge on any atom is -0.508 e. The van der Waals surface area contributed by atoms with Gasteiger partial charge >= 0.3 is 0 Å². The number of phenolic OH excluding ortho intramolecular Hbond substituents is 1. The molecule has 0 radical (unpaired) electrons. The van der Waals surface area contributed by atoms with E-state index in [4.69, 9.17) is 5.73 Å². The van der Waals surface area contributed by atoms with Crippen molar-refractivity contribution >= 4 is 5.91 Å². The summed E-state index contributed by atoms with van der Waals surface area (Å²) in [5, 5.41) is 9.52. The van der Waals surface area contributed by atoms with Gasteiger partial charge in [-0.15, -0.1) is 0 Å². The number of carbonyl (C=O) groups is 1. The maximum atomic E-state index is 12.4. The van der Waals surface area contributed by atoms with Crippen LogP contribution in [0.4, 0.5) is 0 Å². The number of hydrogen-bond donors (Lipinski definition) is 2. The smallest absolute Gasteiger partial charge is 0.240 e. The lowest BCUT2D eigenvalue weighted by atomic mass is 9.86. The van der Waals surface area contributed by atoms with E-state index in [1.807, 2.05) is 26.8 Å². The highest BCUT2D eigenvalue weighted by atomic mass is 16.3. The van der Waals surface area contributed by atoms with E-state index < -0.39 is 6.04 Å². The first-order chi connectivity index (χ1) is 8.79. The Morgan fingerprint density at radius 3 is 2.68 bits per heavy atom. The molecule has 1 aromatic carbocycles. The molecule has 1 aromatic rings. The van der Waals surface area contributed by atoms with Crippen molar-refractivity contribution in [3.8, 4) is 5.75 Å². The topological polar surface area (TPSA) is 66.6 Å². The number of hydrogen-bond acceptors (Lipinski definition) is 3. The summed E-state index contributed by atoms with van der Waals surface area (Å²) in [6, 6.07) is 4.86. The van der Waals surface area contributed by atoms with Crippen molar-refractivity contribution in [3.05, 3.63) is 29.3 Å². The van der Waals surface area contributed by atoms with Crippen molar-refractivity contribution in [3.63, 3.8) is 0 Å². The van der Waals surface area contributed by atoms with Crippen LogP contribution in [0.5, 0.6) is 5.75 Å². The van der Waals surface area contributed by atoms with E-state index >= 15 is 0 Å². The molecule has 1 aliphatic rings. The van der Waals surface area contributed by atoms with Gasteiger partial charge in [0.2, 0.25) is 5.91 Å². The van der Waals surface area contributed by atoms with E-state index in [2.05, 4.69) is 0 Å². The molecule has 1 atom stereocenters. The molecule has 0 saturated heterocycles. The molecular weight excluding hydrogens is 240 g/mol. The summed E-state index contributed by atoms with van der Waals surface area (Å²) < 4.78 is 0. The van der Waals surface area contributed by atoms with Gasteiger partial charge in [-0.3, -0.25) is 4.79 Å². The van der Waals surface area contributed by atoms with Gasteiger partial charge in [0.25, 0.3) is 0 Å². The van der Waals surface area contributed by atoms with Gasteiger partial charge in [0.05, 0.1) is 6.04 Å². The second kappa shape index (κ2) is 4.85. The molecule has 104 valence electrons. The molecule has 0 aliphatic carbocycles. The third-order valence-corrected chi connectivity index (χ3v) is 3.71. The summed E-state index contributed by atoms with van der Waals surface area (Å²) in [7, 11) is 0. The van der Waals surface area contributed by atoms with Gasteiger partial charge in [-0.25, -0.2) is 0 Å². The number of amides is 1. The van der Waals surface area contributed by atoms with Gasteiger partial charge in [-0.2, -0.15) is 0 Å². The molecule has 0 bridgehead atoms. The molecule has 4 nitrogen and oxygen atoms in total. The zero-order chi connectivity index (χ0) is 14.2. The van der Waals surface area contributed by atoms with Crippen molar-refractivity contribution in [2.24, 2.45) is 11.1 Å². The lowest BCUT2D eigenvalue weighted by molar-refractivity contribution is -0.135. The Hall–Kier alpha value is -1.55. The molecule has 0 aromatic heterocycles. The predicted octanol–water partition coefficient (Wildman–Crippen LogP) is 1.65. The van der Waals surface area contributed by atoms with Crippen LogP contribution in [0, 0.1) is 5.41 Å². The molecule has 1 amide bonds. The van der Waals surface area contributed by atoms with E-state index in [9.17, 15) is 9.90 Å². The molecule has 3 N–H and O–H groups in total. The van der Waals surface area contributed by atoms with Crippen molar-refractivity contribution in [2.45, 2.75) is 39.8 Å². The largest absolute Gasteiger partial charge is 0.508 e. The van der Waals surface area contributed by atoms with Crippen LogP contribution in [0.1, 0.15) is 31.9 Å². The fraction of sp³-hybridized carbons (Fsp3) is 0.533. The molecule has 0 saturated carbocycles. The van der Waals surface area contributed by atoms with Crippen LogP contribution >= 0.6 is 0 Å². The number of nitrogens with zero attached hydrogens (tertiary/aromatic N) is 1. The summed E-state index contributed by atoms with van der Waals surface area (Å²) in [4.78, 5) is 14.2. The molecule has 0 spiro atoms. The maximum Gasteiger partial charge on any atom is 0.240 e. The lowest BCUT2D eigenvalue weighted by Crippen LogP contribution is -2.51. The van der Waals surface area contributed by atoms with E-state index in [-0.39, 0.29) is 17.1 Å². The number of nitrogens with two attached hydrogens (primary N) is 1. The molecule has 1 aliphatic heterocycles. The van der Waals surface area contributed by atoms with Crippen LogP contribution in [-0.2, 0) is 17.8 Å². The molecule has 4 heteroatoms. The fourth-order valence-corrected chi connectivity index (χ4v) is 2.30. The van der Waals surface area contributed by atoms with E-state index in [1.54, 1.807) is 17.0 Å². The van der Waals surface area contributed by atoms with E-state index in [1.165, 1.54) is 5.56 Å². The summed E-state index contributed by atoms with van der Waals surface area (Å²) in [6.45, 7) is 7.14. The zero-order valence-electron chi connectivity index (χ0n) is 11.8. The second-order valence-electron chi connectivity index (χ2n) is 6.31. The van der Waals surface area contributed by atoms with Crippen LogP contribution in [0.25, 0.3) is 0 Å². The summed E-state index contributed by atoms with van der Waals surface area (Å²) in [6.07, 6.45) is 0.818. The first-order valence-electron chi connectivity index (χ1n) is 6.64. The van der Waals surface area contributed by atoms with Gasteiger partial charge in [-0.05, 0) is 35.1 Å².